The van der Waals surface area contributed by atoms with Crippen LogP contribution in [-0.4, -0.2) is 164 Å². The fraction of sp³-hybridized carbons (Fsp3) is 0.377. The number of nitrogen functional groups attached to an aromatic ring is 1. The second kappa shape index (κ2) is 29.8. The molecular formula is C61H73ClF5N15O5. The SMILES string of the molecule is CC(C)N1CCN(c2cccc(-c3nc4cc(F)cc(CO)c4c(=O)[nH]3)n2)CC1.CC(C)N1CCN(c2cccc(-c3nc4cc(F)cc(F)c4c(=O)[nH]3)n2)CC1.COc1cccc(N2CCN(C(C)C)CC2)n1.Cl.NC(=O)c1c(N)cc(F)cc1F. The molecule has 3 saturated heterocycles. The molecule has 0 aliphatic carbocycles. The topological polar surface area (TPSA) is 248 Å². The predicted octanol–water partition coefficient (Wildman–Crippen LogP) is 7.63. The van der Waals surface area contributed by atoms with Crippen molar-refractivity contribution in [2.75, 3.05) is 106 Å². The van der Waals surface area contributed by atoms with Crippen LogP contribution in [0.3, 0.4) is 0 Å². The lowest BCUT2D eigenvalue weighted by molar-refractivity contribution is 0.0997. The number of halogens is 6. The lowest BCUT2D eigenvalue weighted by Crippen LogP contribution is -2.49. The highest BCUT2D eigenvalue weighted by Gasteiger charge is 2.24. The van der Waals surface area contributed by atoms with Crippen molar-refractivity contribution in [3.8, 4) is 28.9 Å². The minimum Gasteiger partial charge on any atom is -0.481 e. The molecule has 0 radical (unpaired) electrons. The van der Waals surface area contributed by atoms with E-state index in [1.807, 2.05) is 42.5 Å². The van der Waals surface area contributed by atoms with Gasteiger partial charge in [0.15, 0.2) is 11.6 Å². The molecule has 8 heterocycles. The van der Waals surface area contributed by atoms with Gasteiger partial charge in [-0.05, 0) is 89.6 Å². The number of ether oxygens (including phenoxy) is 1. The van der Waals surface area contributed by atoms with Gasteiger partial charge in [0, 0.05) is 127 Å². The highest BCUT2D eigenvalue weighted by molar-refractivity contribution is 5.98. The quantitative estimate of drug-likeness (QED) is 0.0617. The molecule has 20 nitrogen and oxygen atoms in total. The van der Waals surface area contributed by atoms with Crippen molar-refractivity contribution in [3.63, 3.8) is 0 Å². The maximum absolute atomic E-state index is 13.9. The first kappa shape index (κ1) is 66.2. The Kier molecular flexibility index (Phi) is 22.7. The number of rotatable bonds is 11. The van der Waals surface area contributed by atoms with Crippen molar-refractivity contribution in [1.82, 2.24) is 49.6 Å². The third-order valence-electron chi connectivity index (χ3n) is 15.1. The number of amides is 1. The fourth-order valence-electron chi connectivity index (χ4n) is 10.3. The van der Waals surface area contributed by atoms with Gasteiger partial charge >= 0.3 is 0 Å². The van der Waals surface area contributed by atoms with Crippen molar-refractivity contribution in [2.45, 2.75) is 66.3 Å². The maximum atomic E-state index is 13.9. The number of anilines is 4. The monoisotopic (exact) mass is 1230 g/mol. The summed E-state index contributed by atoms with van der Waals surface area (Å²) in [5.41, 5.74) is 9.42. The number of hydrogen-bond donors (Lipinski definition) is 5. The van der Waals surface area contributed by atoms with Crippen LogP contribution in [0.5, 0.6) is 5.88 Å². The second-order valence-electron chi connectivity index (χ2n) is 21.6. The Morgan fingerprint density at radius 1 is 0.552 bits per heavy atom. The molecule has 5 aromatic heterocycles. The number of carbonyl (C=O) groups is 1. The fourth-order valence-corrected chi connectivity index (χ4v) is 10.3. The molecule has 0 bridgehead atoms. The Morgan fingerprint density at radius 3 is 1.36 bits per heavy atom. The largest absolute Gasteiger partial charge is 0.481 e. The third kappa shape index (κ3) is 16.6. The van der Waals surface area contributed by atoms with E-state index in [0.29, 0.717) is 47.5 Å². The summed E-state index contributed by atoms with van der Waals surface area (Å²) in [5.74, 6) is -1.36. The van der Waals surface area contributed by atoms with E-state index < -0.39 is 58.3 Å². The number of nitrogens with zero attached hydrogens (tertiary/aromatic N) is 11. The molecule has 8 aromatic rings. The summed E-state index contributed by atoms with van der Waals surface area (Å²) in [4.78, 5) is 77.1. The standard InChI is InChI=1S/C21H24FN5O2.C20H21F2N5O.C13H21N3O.C7H6F2N2O.ClH/c1-13(2)26-6-8-27(9-7-26)18-5-3-4-16(23-18)20-24-17-11-15(22)10-14(12-28)19(17)21(29)25-20;1-12(2)26-6-8-27(9-7-26)17-5-3-4-15(23-17)19-24-16-11-13(21)10-14(22)18(16)20(28)25-19;1-11(2)15-7-9-16(10-8-15)12-5-4-6-13(14-12)17-3;8-3-1-4(9)6(7(11)12)5(10)2-3;/h3-5,10-11,13,28H,6-9,12H2,1-2H3,(H,24,25,29);3-5,10-12H,6-9H2,1-2H3,(H,24,25,28);4-6,11H,7-10H2,1-3H3;1-2H,10H2,(H2,11,12);1H. The minimum atomic E-state index is -1.04. The number of hydrogen-bond acceptors (Lipinski definition) is 17. The number of pyridine rings is 3. The van der Waals surface area contributed by atoms with E-state index in [2.05, 4.69) is 106 Å². The van der Waals surface area contributed by atoms with E-state index in [0.717, 1.165) is 114 Å². The molecule has 0 spiro atoms. The first-order valence-corrected chi connectivity index (χ1v) is 28.3. The van der Waals surface area contributed by atoms with Gasteiger partial charge in [0.1, 0.15) is 63.3 Å². The average molecular weight is 1230 g/mol. The van der Waals surface area contributed by atoms with Gasteiger partial charge in [-0.15, -0.1) is 12.4 Å². The van der Waals surface area contributed by atoms with E-state index in [1.54, 1.807) is 19.2 Å². The van der Waals surface area contributed by atoms with Gasteiger partial charge < -0.3 is 46.0 Å². The number of carbonyl (C=O) groups excluding carboxylic acids is 1. The molecule has 26 heteroatoms. The number of aromatic amines is 2. The van der Waals surface area contributed by atoms with Crippen molar-refractivity contribution in [3.05, 3.63) is 152 Å². The van der Waals surface area contributed by atoms with Gasteiger partial charge in [-0.2, -0.15) is 4.98 Å². The lowest BCUT2D eigenvalue weighted by Gasteiger charge is -2.37. The van der Waals surface area contributed by atoms with Crippen LogP contribution in [-0.2, 0) is 6.61 Å². The molecule has 0 unspecified atom stereocenters. The Balaban J connectivity index is 0.000000174. The summed E-state index contributed by atoms with van der Waals surface area (Å²) < 4.78 is 71.6. The number of aromatic nitrogens is 7. The average Bonchev–Trinajstić information content (AvgIpc) is 1.11. The van der Waals surface area contributed by atoms with Gasteiger partial charge in [0.05, 0.1) is 41.4 Å². The molecule has 11 rings (SSSR count). The molecule has 0 saturated carbocycles. The Hall–Kier alpha value is -8.36. The van der Waals surface area contributed by atoms with Gasteiger partial charge in [0.25, 0.3) is 17.0 Å². The molecular weight excluding hydrogens is 1150 g/mol. The number of nitrogens with one attached hydrogen (secondary N) is 2. The number of H-pyrrole nitrogens is 2. The van der Waals surface area contributed by atoms with Gasteiger partial charge in [-0.25, -0.2) is 41.9 Å². The number of aliphatic hydroxyl groups is 1. The Labute approximate surface area is 506 Å². The normalized spacial score (nSPS) is 14.9. The number of aliphatic hydroxyl groups excluding tert-OH is 1. The number of benzene rings is 3. The molecule has 3 aliphatic heterocycles. The van der Waals surface area contributed by atoms with Crippen LogP contribution in [0.4, 0.5) is 45.1 Å². The molecule has 0 atom stereocenters. The Morgan fingerprint density at radius 2 is 0.943 bits per heavy atom. The second-order valence-corrected chi connectivity index (χ2v) is 21.6. The van der Waals surface area contributed by atoms with Crippen LogP contribution in [0.25, 0.3) is 44.8 Å². The Bertz CT molecular complexity index is 3760. The first-order chi connectivity index (χ1) is 41.1. The summed E-state index contributed by atoms with van der Waals surface area (Å²) in [6.45, 7) is 24.4. The number of nitrogens with two attached hydrogens (primary N) is 2. The van der Waals surface area contributed by atoms with Crippen molar-refractivity contribution < 1.29 is 36.6 Å². The van der Waals surface area contributed by atoms with E-state index in [1.165, 1.54) is 6.07 Å². The van der Waals surface area contributed by atoms with E-state index in [-0.39, 0.29) is 57.1 Å². The molecule has 3 aliphatic rings. The van der Waals surface area contributed by atoms with Crippen molar-refractivity contribution in [2.24, 2.45) is 5.73 Å². The van der Waals surface area contributed by atoms with Crippen LogP contribution in [0.2, 0.25) is 0 Å². The van der Waals surface area contributed by atoms with Gasteiger partial charge in [-0.1, -0.05) is 18.2 Å². The summed E-state index contributed by atoms with van der Waals surface area (Å²) in [5, 5.41) is 9.37. The van der Waals surface area contributed by atoms with Gasteiger partial charge in [0.2, 0.25) is 5.88 Å². The number of fused-ring (bicyclic) bond motifs is 2. The van der Waals surface area contributed by atoms with Crippen LogP contribution in [0, 0.1) is 29.1 Å². The number of piperazine rings is 3. The summed E-state index contributed by atoms with van der Waals surface area (Å²) in [6.07, 6.45) is 0. The summed E-state index contributed by atoms with van der Waals surface area (Å²) in [7, 11) is 1.66. The molecule has 3 aromatic carbocycles. The molecule has 464 valence electrons. The highest BCUT2D eigenvalue weighted by atomic mass is 35.5. The summed E-state index contributed by atoms with van der Waals surface area (Å²) >= 11 is 0. The molecule has 7 N–H and O–H groups in total. The zero-order chi connectivity index (χ0) is 61.9. The van der Waals surface area contributed by atoms with E-state index in [4.69, 9.17) is 16.2 Å². The van der Waals surface area contributed by atoms with Crippen molar-refractivity contribution >= 4 is 63.3 Å². The summed E-state index contributed by atoms with van der Waals surface area (Å²) in [6, 6.07) is 24.1. The van der Waals surface area contributed by atoms with E-state index in [9.17, 15) is 41.4 Å². The molecule has 3 fully saturated rings. The van der Waals surface area contributed by atoms with Crippen molar-refractivity contribution in [1.29, 1.82) is 0 Å². The van der Waals surface area contributed by atoms with Crippen LogP contribution >= 0.6 is 12.4 Å². The maximum Gasteiger partial charge on any atom is 0.262 e. The van der Waals surface area contributed by atoms with Crippen LogP contribution in [0.1, 0.15) is 57.5 Å². The molecule has 87 heavy (non-hydrogen) atoms. The number of primary amides is 1. The highest BCUT2D eigenvalue weighted by Crippen LogP contribution is 2.25. The first-order valence-electron chi connectivity index (χ1n) is 28.3. The van der Waals surface area contributed by atoms with E-state index >= 15 is 0 Å². The zero-order valence-corrected chi connectivity index (χ0v) is 50.4. The number of methoxy groups -OCH3 is 1. The third-order valence-corrected chi connectivity index (χ3v) is 15.1. The smallest absolute Gasteiger partial charge is 0.262 e. The predicted molar refractivity (Wildman–Crippen MR) is 331 cm³/mol. The van der Waals surface area contributed by atoms with Gasteiger partial charge in [-0.3, -0.25) is 29.1 Å². The zero-order valence-electron chi connectivity index (χ0n) is 49.5. The lowest BCUT2D eigenvalue weighted by atomic mass is 10.1. The van der Waals surface area contributed by atoms with Crippen LogP contribution < -0.4 is 42.0 Å². The minimum absolute atomic E-state index is 0. The molecule has 1 amide bonds. The van der Waals surface area contributed by atoms with Crippen LogP contribution in [0.15, 0.2) is 101 Å².